The largest absolute Gasteiger partial charge is 0.488 e. The Hall–Kier alpha value is -3.05. The number of anilines is 2. The molecule has 0 spiro atoms. The van der Waals surface area contributed by atoms with E-state index in [1.807, 2.05) is 62.4 Å². The third kappa shape index (κ3) is 5.97. The Morgan fingerprint density at radius 1 is 1.00 bits per heavy atom. The van der Waals surface area contributed by atoms with Gasteiger partial charge in [0, 0.05) is 35.0 Å². The molecule has 0 fully saturated rings. The monoisotopic (exact) mass is 426 g/mol. The molecule has 0 saturated heterocycles. The number of ether oxygens (including phenoxy) is 1. The summed E-state index contributed by atoms with van der Waals surface area (Å²) in [5.41, 5.74) is 3.39. The predicted molar refractivity (Wildman–Crippen MR) is 119 cm³/mol. The minimum atomic E-state index is -0.372. The summed E-state index contributed by atoms with van der Waals surface area (Å²) in [4.78, 5) is 11.8. The quantitative estimate of drug-likeness (QED) is 0.446. The minimum Gasteiger partial charge on any atom is -0.488 e. The van der Waals surface area contributed by atoms with Gasteiger partial charge in [-0.15, -0.1) is 0 Å². The van der Waals surface area contributed by atoms with Crippen LogP contribution in [0.1, 0.15) is 25.0 Å². The van der Waals surface area contributed by atoms with Crippen LogP contribution in [-0.4, -0.2) is 5.91 Å². The lowest BCUT2D eigenvalue weighted by molar-refractivity contribution is -0.118. The van der Waals surface area contributed by atoms with E-state index >= 15 is 0 Å². The molecule has 1 amide bonds. The number of benzene rings is 3. The highest BCUT2D eigenvalue weighted by molar-refractivity contribution is 6.31. The van der Waals surface area contributed by atoms with Crippen molar-refractivity contribution in [1.82, 2.24) is 0 Å². The number of hydrogen-bond donors (Lipinski definition) is 2. The Labute approximate surface area is 181 Å². The normalized spacial score (nSPS) is 10.7. The maximum Gasteiger partial charge on any atom is 0.226 e. The lowest BCUT2D eigenvalue weighted by atomic mass is 10.2. The highest BCUT2D eigenvalue weighted by Crippen LogP contribution is 2.24. The van der Waals surface area contributed by atoms with Gasteiger partial charge < -0.3 is 15.4 Å². The van der Waals surface area contributed by atoms with Crippen molar-refractivity contribution in [2.45, 2.75) is 27.0 Å². The molecule has 156 valence electrons. The van der Waals surface area contributed by atoms with Crippen molar-refractivity contribution >= 4 is 28.9 Å². The summed E-state index contributed by atoms with van der Waals surface area (Å²) in [5.74, 6) is 0.279. The van der Waals surface area contributed by atoms with Gasteiger partial charge in [0.1, 0.15) is 18.2 Å². The van der Waals surface area contributed by atoms with E-state index in [0.717, 1.165) is 28.3 Å². The maximum absolute atomic E-state index is 13.2. The van der Waals surface area contributed by atoms with Crippen LogP contribution in [0.25, 0.3) is 0 Å². The van der Waals surface area contributed by atoms with E-state index in [4.69, 9.17) is 16.3 Å². The van der Waals surface area contributed by atoms with Crippen LogP contribution >= 0.6 is 11.6 Å². The van der Waals surface area contributed by atoms with Crippen molar-refractivity contribution in [3.63, 3.8) is 0 Å². The van der Waals surface area contributed by atoms with Gasteiger partial charge in [0.05, 0.1) is 5.02 Å². The van der Waals surface area contributed by atoms with Crippen LogP contribution < -0.4 is 15.4 Å². The van der Waals surface area contributed by atoms with Crippen LogP contribution in [0.5, 0.6) is 5.75 Å². The molecule has 0 aliphatic carbocycles. The van der Waals surface area contributed by atoms with Crippen molar-refractivity contribution in [3.8, 4) is 5.75 Å². The van der Waals surface area contributed by atoms with Crippen LogP contribution in [-0.2, 0) is 17.9 Å². The zero-order valence-corrected chi connectivity index (χ0v) is 17.7. The van der Waals surface area contributed by atoms with Crippen LogP contribution in [0.4, 0.5) is 15.8 Å². The van der Waals surface area contributed by atoms with E-state index in [0.29, 0.717) is 11.6 Å². The molecule has 4 nitrogen and oxygen atoms in total. The SMILES string of the molecule is CC(C)C(=O)Nc1ccc(NCc2ccccc2OCc2ccc(F)cc2Cl)cc1. The molecule has 0 saturated carbocycles. The minimum absolute atomic E-state index is 0.0111. The lowest BCUT2D eigenvalue weighted by Gasteiger charge is -2.14. The number of carbonyl (C=O) groups is 1. The van der Waals surface area contributed by atoms with Gasteiger partial charge in [-0.05, 0) is 42.5 Å². The Morgan fingerprint density at radius 3 is 2.40 bits per heavy atom. The second-order valence-corrected chi connectivity index (χ2v) is 7.61. The van der Waals surface area contributed by atoms with E-state index in [9.17, 15) is 9.18 Å². The Bertz CT molecular complexity index is 1010. The first kappa shape index (κ1) is 21.7. The summed E-state index contributed by atoms with van der Waals surface area (Å²) in [6.45, 7) is 4.52. The van der Waals surface area contributed by atoms with Crippen LogP contribution in [0.3, 0.4) is 0 Å². The van der Waals surface area contributed by atoms with E-state index in [2.05, 4.69) is 10.6 Å². The van der Waals surface area contributed by atoms with Crippen molar-refractivity contribution in [2.75, 3.05) is 10.6 Å². The van der Waals surface area contributed by atoms with Gasteiger partial charge in [-0.2, -0.15) is 0 Å². The topological polar surface area (TPSA) is 50.4 Å². The van der Waals surface area contributed by atoms with Gasteiger partial charge in [0.15, 0.2) is 0 Å². The number of rotatable bonds is 8. The van der Waals surface area contributed by atoms with E-state index < -0.39 is 0 Å². The lowest BCUT2D eigenvalue weighted by Crippen LogP contribution is -2.17. The first-order chi connectivity index (χ1) is 14.4. The number of para-hydroxylation sites is 1. The first-order valence-electron chi connectivity index (χ1n) is 9.72. The summed E-state index contributed by atoms with van der Waals surface area (Å²) in [5, 5.41) is 6.57. The molecule has 6 heteroatoms. The Kier molecular flexibility index (Phi) is 7.31. The first-order valence-corrected chi connectivity index (χ1v) is 10.1. The number of nitrogens with one attached hydrogen (secondary N) is 2. The van der Waals surface area contributed by atoms with Crippen molar-refractivity contribution in [1.29, 1.82) is 0 Å². The molecular formula is C24H24ClFN2O2. The maximum atomic E-state index is 13.2. The fourth-order valence-electron chi connectivity index (χ4n) is 2.74. The van der Waals surface area contributed by atoms with Crippen molar-refractivity contribution in [3.05, 3.63) is 88.7 Å². The van der Waals surface area contributed by atoms with Crippen LogP contribution in [0.2, 0.25) is 5.02 Å². The number of hydrogen-bond acceptors (Lipinski definition) is 3. The van der Waals surface area contributed by atoms with Crippen LogP contribution in [0, 0.1) is 11.7 Å². The third-order valence-corrected chi connectivity index (χ3v) is 4.88. The second-order valence-electron chi connectivity index (χ2n) is 7.21. The predicted octanol–water partition coefficient (Wildman–Crippen LogP) is 6.26. The second kappa shape index (κ2) is 10.1. The summed E-state index contributed by atoms with van der Waals surface area (Å²) in [6, 6.07) is 19.5. The standard InChI is InChI=1S/C24H24ClFN2O2/c1-16(2)24(29)28-21-11-9-20(10-12-21)27-14-17-5-3-4-6-23(17)30-15-18-7-8-19(26)13-22(18)25/h3-13,16,27H,14-15H2,1-2H3,(H,28,29). The Balaban J connectivity index is 1.60. The zero-order valence-electron chi connectivity index (χ0n) is 16.9. The molecule has 0 radical (unpaired) electrons. The molecule has 3 aromatic rings. The molecule has 0 bridgehead atoms. The van der Waals surface area contributed by atoms with E-state index in [1.54, 1.807) is 6.07 Å². The number of halogens is 2. The van der Waals surface area contributed by atoms with Crippen molar-refractivity contribution < 1.29 is 13.9 Å². The molecule has 0 unspecified atom stereocenters. The summed E-state index contributed by atoms with van der Waals surface area (Å²) < 4.78 is 19.1. The van der Waals surface area contributed by atoms with E-state index in [1.165, 1.54) is 12.1 Å². The van der Waals surface area contributed by atoms with Crippen LogP contribution in [0.15, 0.2) is 66.7 Å². The average molecular weight is 427 g/mol. The molecule has 0 aliphatic heterocycles. The van der Waals surface area contributed by atoms with Gasteiger partial charge >= 0.3 is 0 Å². The molecule has 30 heavy (non-hydrogen) atoms. The third-order valence-electron chi connectivity index (χ3n) is 4.53. The summed E-state index contributed by atoms with van der Waals surface area (Å²) >= 11 is 6.08. The molecule has 0 heterocycles. The molecule has 3 rings (SSSR count). The highest BCUT2D eigenvalue weighted by atomic mass is 35.5. The number of amides is 1. The fraction of sp³-hybridized carbons (Fsp3) is 0.208. The molecule has 0 aliphatic rings. The van der Waals surface area contributed by atoms with E-state index in [-0.39, 0.29) is 24.2 Å². The Morgan fingerprint density at radius 2 is 1.70 bits per heavy atom. The highest BCUT2D eigenvalue weighted by Gasteiger charge is 2.08. The number of carbonyl (C=O) groups excluding carboxylic acids is 1. The van der Waals surface area contributed by atoms with Gasteiger partial charge in [-0.3, -0.25) is 4.79 Å². The molecule has 0 aromatic heterocycles. The summed E-state index contributed by atoms with van der Waals surface area (Å²) in [7, 11) is 0. The van der Waals surface area contributed by atoms with Gasteiger partial charge in [0.25, 0.3) is 0 Å². The van der Waals surface area contributed by atoms with Crippen molar-refractivity contribution in [2.24, 2.45) is 5.92 Å². The smallest absolute Gasteiger partial charge is 0.226 e. The molecule has 3 aromatic carbocycles. The molecule has 2 N–H and O–H groups in total. The van der Waals surface area contributed by atoms with Gasteiger partial charge in [-0.25, -0.2) is 4.39 Å². The fourth-order valence-corrected chi connectivity index (χ4v) is 2.96. The van der Waals surface area contributed by atoms with Gasteiger partial charge in [-0.1, -0.05) is 49.7 Å². The van der Waals surface area contributed by atoms with Gasteiger partial charge in [0.2, 0.25) is 5.91 Å². The molecular weight excluding hydrogens is 403 g/mol. The average Bonchev–Trinajstić information content (AvgIpc) is 2.73. The summed E-state index contributed by atoms with van der Waals surface area (Å²) in [6.07, 6.45) is 0. The zero-order chi connectivity index (χ0) is 21.5. The molecule has 0 atom stereocenters.